The van der Waals surface area contributed by atoms with Crippen molar-refractivity contribution in [1.29, 1.82) is 0 Å². The van der Waals surface area contributed by atoms with Gasteiger partial charge in [-0.3, -0.25) is 4.79 Å². The summed E-state index contributed by atoms with van der Waals surface area (Å²) in [5.74, 6) is -0.0901. The van der Waals surface area contributed by atoms with Gasteiger partial charge in [-0.1, -0.05) is 18.2 Å². The molecule has 0 aliphatic carbocycles. The first kappa shape index (κ1) is 18.8. The molecule has 1 aliphatic heterocycles. The lowest BCUT2D eigenvalue weighted by Crippen LogP contribution is -2.53. The minimum absolute atomic E-state index is 0.0145. The van der Waals surface area contributed by atoms with Crippen LogP contribution in [0.25, 0.3) is 0 Å². The topological polar surface area (TPSA) is 23.6 Å². The van der Waals surface area contributed by atoms with Crippen molar-refractivity contribution in [2.45, 2.75) is 50.9 Å². The molecule has 0 N–H and O–H groups in total. The molecule has 134 valence electrons. The summed E-state index contributed by atoms with van der Waals surface area (Å²) in [5.41, 5.74) is -0.290. The molecule has 3 nitrogen and oxygen atoms in total. The number of likely N-dealkylation sites (tertiary alicyclic amines) is 1. The van der Waals surface area contributed by atoms with E-state index in [4.69, 9.17) is 0 Å². The second-order valence-electron chi connectivity index (χ2n) is 6.73. The quantitative estimate of drug-likeness (QED) is 0.835. The molecule has 1 fully saturated rings. The predicted octanol–water partition coefficient (Wildman–Crippen LogP) is 3.58. The number of nitrogens with zero attached hydrogens (tertiary/aromatic N) is 2. The SMILES string of the molecule is CC(C1CCCCN1C(=O)Cc1cccc(C(F)(F)F)c1)N(C)C. The molecule has 1 saturated heterocycles. The molecule has 24 heavy (non-hydrogen) atoms. The molecule has 1 heterocycles. The Morgan fingerprint density at radius 3 is 2.67 bits per heavy atom. The van der Waals surface area contributed by atoms with Crippen molar-refractivity contribution in [1.82, 2.24) is 9.80 Å². The molecule has 6 heteroatoms. The van der Waals surface area contributed by atoms with E-state index >= 15 is 0 Å². The van der Waals surface area contributed by atoms with Gasteiger partial charge < -0.3 is 9.80 Å². The van der Waals surface area contributed by atoms with E-state index in [1.807, 2.05) is 19.0 Å². The Morgan fingerprint density at radius 1 is 1.33 bits per heavy atom. The zero-order valence-corrected chi connectivity index (χ0v) is 14.4. The van der Waals surface area contributed by atoms with E-state index < -0.39 is 11.7 Å². The first-order valence-electron chi connectivity index (χ1n) is 8.32. The van der Waals surface area contributed by atoms with Gasteiger partial charge >= 0.3 is 6.18 Å². The van der Waals surface area contributed by atoms with Crippen LogP contribution in [0.4, 0.5) is 13.2 Å². The molecular formula is C18H25F3N2O. The van der Waals surface area contributed by atoms with Crippen LogP contribution in [-0.4, -0.2) is 48.4 Å². The summed E-state index contributed by atoms with van der Waals surface area (Å²) in [6.45, 7) is 2.77. The molecule has 2 atom stereocenters. The Balaban J connectivity index is 2.13. The Hall–Kier alpha value is -1.56. The number of amides is 1. The molecule has 0 spiro atoms. The third kappa shape index (κ3) is 4.50. The van der Waals surface area contributed by atoms with E-state index in [9.17, 15) is 18.0 Å². The first-order chi connectivity index (χ1) is 11.2. The largest absolute Gasteiger partial charge is 0.416 e. The monoisotopic (exact) mass is 342 g/mol. The Bertz CT molecular complexity index is 572. The van der Waals surface area contributed by atoms with Gasteiger partial charge in [0.05, 0.1) is 12.0 Å². The first-order valence-corrected chi connectivity index (χ1v) is 8.32. The molecule has 1 aliphatic rings. The van der Waals surface area contributed by atoms with Crippen LogP contribution in [0, 0.1) is 0 Å². The smallest absolute Gasteiger partial charge is 0.338 e. The molecule has 1 amide bonds. The summed E-state index contributed by atoms with van der Waals surface area (Å²) in [4.78, 5) is 16.6. The van der Waals surface area contributed by atoms with Crippen molar-refractivity contribution in [2.24, 2.45) is 0 Å². The minimum Gasteiger partial charge on any atom is -0.338 e. The Labute approximate surface area is 141 Å². The molecule has 2 unspecified atom stereocenters. The lowest BCUT2D eigenvalue weighted by molar-refractivity contribution is -0.138. The van der Waals surface area contributed by atoms with Crippen LogP contribution in [0.15, 0.2) is 24.3 Å². The van der Waals surface area contributed by atoms with Crippen molar-refractivity contribution < 1.29 is 18.0 Å². The second-order valence-corrected chi connectivity index (χ2v) is 6.73. The molecule has 0 bridgehead atoms. The van der Waals surface area contributed by atoms with Crippen molar-refractivity contribution >= 4 is 5.91 Å². The maximum Gasteiger partial charge on any atom is 0.416 e. The average molecular weight is 342 g/mol. The van der Waals surface area contributed by atoms with Crippen LogP contribution >= 0.6 is 0 Å². The van der Waals surface area contributed by atoms with Crippen molar-refractivity contribution in [3.63, 3.8) is 0 Å². The highest BCUT2D eigenvalue weighted by molar-refractivity contribution is 5.79. The van der Waals surface area contributed by atoms with Crippen LogP contribution in [0.5, 0.6) is 0 Å². The van der Waals surface area contributed by atoms with Gasteiger partial charge in [-0.05, 0) is 51.9 Å². The number of likely N-dealkylation sites (N-methyl/N-ethyl adjacent to an activating group) is 1. The lowest BCUT2D eigenvalue weighted by Gasteiger charge is -2.41. The zero-order valence-electron chi connectivity index (χ0n) is 14.4. The van der Waals surface area contributed by atoms with Gasteiger partial charge in [0.25, 0.3) is 0 Å². The summed E-state index contributed by atoms with van der Waals surface area (Å²) in [5, 5.41) is 0. The number of alkyl halides is 3. The van der Waals surface area contributed by atoms with Gasteiger partial charge in [0.1, 0.15) is 0 Å². The van der Waals surface area contributed by atoms with Crippen LogP contribution in [0.1, 0.15) is 37.3 Å². The number of hydrogen-bond donors (Lipinski definition) is 0. The number of halogens is 3. The van der Waals surface area contributed by atoms with Gasteiger partial charge in [0.2, 0.25) is 5.91 Å². The number of hydrogen-bond acceptors (Lipinski definition) is 2. The minimum atomic E-state index is -4.38. The fourth-order valence-corrected chi connectivity index (χ4v) is 3.25. The number of piperidine rings is 1. The summed E-state index contributed by atoms with van der Waals surface area (Å²) in [6.07, 6.45) is -1.40. The lowest BCUT2D eigenvalue weighted by atomic mass is 9.95. The van der Waals surface area contributed by atoms with E-state index in [1.165, 1.54) is 6.07 Å². The molecule has 1 aromatic carbocycles. The number of carbonyl (C=O) groups excluding carboxylic acids is 1. The fraction of sp³-hybridized carbons (Fsp3) is 0.611. The molecule has 0 aromatic heterocycles. The third-order valence-corrected chi connectivity index (χ3v) is 4.85. The predicted molar refractivity (Wildman–Crippen MR) is 87.6 cm³/mol. The summed E-state index contributed by atoms with van der Waals surface area (Å²) >= 11 is 0. The van der Waals surface area contributed by atoms with E-state index in [2.05, 4.69) is 11.8 Å². The highest BCUT2D eigenvalue weighted by atomic mass is 19.4. The van der Waals surface area contributed by atoms with E-state index in [-0.39, 0.29) is 24.4 Å². The molecule has 1 aromatic rings. The molecular weight excluding hydrogens is 317 g/mol. The van der Waals surface area contributed by atoms with Gasteiger partial charge in [0, 0.05) is 18.6 Å². The van der Waals surface area contributed by atoms with Crippen LogP contribution in [0.2, 0.25) is 0 Å². The summed E-state index contributed by atoms with van der Waals surface area (Å²) < 4.78 is 38.4. The van der Waals surface area contributed by atoms with Gasteiger partial charge in [-0.2, -0.15) is 13.2 Å². The van der Waals surface area contributed by atoms with Gasteiger partial charge in [-0.15, -0.1) is 0 Å². The van der Waals surface area contributed by atoms with Crippen molar-refractivity contribution in [2.75, 3.05) is 20.6 Å². The molecule has 0 radical (unpaired) electrons. The van der Waals surface area contributed by atoms with E-state index in [0.717, 1.165) is 31.4 Å². The van der Waals surface area contributed by atoms with Gasteiger partial charge in [0.15, 0.2) is 0 Å². The Morgan fingerprint density at radius 2 is 2.04 bits per heavy atom. The Kier molecular flexibility index (Phi) is 5.91. The van der Waals surface area contributed by atoms with Crippen molar-refractivity contribution in [3.05, 3.63) is 35.4 Å². The van der Waals surface area contributed by atoms with E-state index in [0.29, 0.717) is 12.1 Å². The standard InChI is InChI=1S/C18H25F3N2O/c1-13(22(2)3)16-9-4-5-10-23(16)17(24)12-14-7-6-8-15(11-14)18(19,20)21/h6-8,11,13,16H,4-5,9-10,12H2,1-3H3. The van der Waals surface area contributed by atoms with Gasteiger partial charge in [-0.25, -0.2) is 0 Å². The average Bonchev–Trinajstić information content (AvgIpc) is 2.53. The van der Waals surface area contributed by atoms with Crippen LogP contribution in [0.3, 0.4) is 0 Å². The van der Waals surface area contributed by atoms with Crippen LogP contribution < -0.4 is 0 Å². The highest BCUT2D eigenvalue weighted by Crippen LogP contribution is 2.30. The summed E-state index contributed by atoms with van der Waals surface area (Å²) in [6, 6.07) is 5.39. The van der Waals surface area contributed by atoms with E-state index in [1.54, 1.807) is 6.07 Å². The molecule has 2 rings (SSSR count). The number of benzene rings is 1. The fourth-order valence-electron chi connectivity index (χ4n) is 3.25. The maximum absolute atomic E-state index is 12.8. The number of carbonyl (C=O) groups is 1. The normalized spacial score (nSPS) is 20.3. The zero-order chi connectivity index (χ0) is 17.9. The number of rotatable bonds is 4. The summed E-state index contributed by atoms with van der Waals surface area (Å²) in [7, 11) is 3.96. The van der Waals surface area contributed by atoms with Crippen LogP contribution in [-0.2, 0) is 17.4 Å². The molecule has 0 saturated carbocycles. The highest BCUT2D eigenvalue weighted by Gasteiger charge is 2.33. The van der Waals surface area contributed by atoms with Crippen molar-refractivity contribution in [3.8, 4) is 0 Å². The second kappa shape index (κ2) is 7.55. The third-order valence-electron chi connectivity index (χ3n) is 4.85. The maximum atomic E-state index is 12.8.